The number of anilines is 2. The van der Waals surface area contributed by atoms with Gasteiger partial charge in [0.1, 0.15) is 0 Å². The Morgan fingerprint density at radius 3 is 2.48 bits per heavy atom. The maximum absolute atomic E-state index is 12.7. The molecular weight excluding hydrogens is 392 g/mol. The molecule has 9 heteroatoms. The zero-order valence-electron chi connectivity index (χ0n) is 18.1. The van der Waals surface area contributed by atoms with Crippen molar-refractivity contribution in [3.8, 4) is 5.95 Å². The van der Waals surface area contributed by atoms with E-state index in [4.69, 9.17) is 9.97 Å². The molecule has 0 radical (unpaired) electrons. The van der Waals surface area contributed by atoms with E-state index >= 15 is 0 Å². The smallest absolute Gasteiger partial charge is 0.233 e. The number of hydrogen-bond donors (Lipinski definition) is 2. The maximum atomic E-state index is 12.7. The first-order valence-corrected chi connectivity index (χ1v) is 10.2. The summed E-state index contributed by atoms with van der Waals surface area (Å²) in [5.74, 6) is 1.26. The number of nitrogens with one attached hydrogen (secondary N) is 2. The molecule has 4 rings (SSSR count). The topological polar surface area (TPSA) is 103 Å². The van der Waals surface area contributed by atoms with E-state index in [-0.39, 0.29) is 5.91 Å². The molecule has 1 amide bonds. The van der Waals surface area contributed by atoms with Gasteiger partial charge in [0.05, 0.1) is 0 Å². The van der Waals surface area contributed by atoms with E-state index in [1.807, 2.05) is 74.9 Å². The fraction of sp³-hybridized carbons (Fsp3) is 0.318. The van der Waals surface area contributed by atoms with Crippen LogP contribution < -0.4 is 10.6 Å². The van der Waals surface area contributed by atoms with Crippen LogP contribution in [0.25, 0.3) is 17.1 Å². The number of carbonyl (C=O) groups excluding carboxylic acids is 1. The lowest BCUT2D eigenvalue weighted by molar-refractivity contribution is -0.123. The zero-order valence-corrected chi connectivity index (χ0v) is 18.1. The Morgan fingerprint density at radius 2 is 1.84 bits per heavy atom. The summed E-state index contributed by atoms with van der Waals surface area (Å²) in [7, 11) is 0. The molecule has 0 aliphatic heterocycles. The van der Waals surface area contributed by atoms with Crippen molar-refractivity contribution in [1.82, 2.24) is 29.3 Å². The van der Waals surface area contributed by atoms with E-state index in [9.17, 15) is 4.79 Å². The molecule has 0 fully saturated rings. The summed E-state index contributed by atoms with van der Waals surface area (Å²) in [4.78, 5) is 26.7. The first kappa shape index (κ1) is 20.5. The minimum absolute atomic E-state index is 0.145. The average Bonchev–Trinajstić information content (AvgIpc) is 3.40. The zero-order chi connectivity index (χ0) is 22.0. The first-order chi connectivity index (χ1) is 14.9. The average molecular weight is 419 g/mol. The van der Waals surface area contributed by atoms with Crippen molar-refractivity contribution in [3.63, 3.8) is 0 Å². The molecule has 1 aromatic carbocycles. The van der Waals surface area contributed by atoms with Gasteiger partial charge in [-0.25, -0.2) is 9.67 Å². The highest BCUT2D eigenvalue weighted by atomic mass is 16.2. The molecule has 160 valence electrons. The minimum atomic E-state index is -0.576. The molecule has 0 atom stereocenters. The van der Waals surface area contributed by atoms with Gasteiger partial charge in [-0.2, -0.15) is 15.1 Å². The summed E-state index contributed by atoms with van der Waals surface area (Å²) < 4.78 is 3.63. The van der Waals surface area contributed by atoms with Crippen LogP contribution in [0.3, 0.4) is 0 Å². The number of benzene rings is 1. The van der Waals surface area contributed by atoms with Gasteiger partial charge in [-0.15, -0.1) is 0 Å². The van der Waals surface area contributed by atoms with E-state index in [1.165, 1.54) is 0 Å². The molecule has 0 unspecified atom stereocenters. The van der Waals surface area contributed by atoms with E-state index in [2.05, 4.69) is 20.7 Å². The van der Waals surface area contributed by atoms with Crippen LogP contribution in [-0.4, -0.2) is 35.2 Å². The van der Waals surface area contributed by atoms with Crippen LogP contribution in [0, 0.1) is 5.41 Å². The number of aromatic nitrogens is 6. The third kappa shape index (κ3) is 4.25. The number of imidazole rings is 1. The van der Waals surface area contributed by atoms with Crippen LogP contribution >= 0.6 is 0 Å². The fourth-order valence-corrected chi connectivity index (χ4v) is 3.08. The molecule has 31 heavy (non-hydrogen) atoms. The molecule has 0 saturated heterocycles. The van der Waals surface area contributed by atoms with E-state index < -0.39 is 5.41 Å². The highest BCUT2D eigenvalue weighted by Gasteiger charge is 2.25. The van der Waals surface area contributed by atoms with Crippen molar-refractivity contribution in [2.45, 2.75) is 40.8 Å². The number of amides is 1. The van der Waals surface area contributed by atoms with Crippen molar-refractivity contribution >= 4 is 28.8 Å². The molecule has 3 heterocycles. The molecular formula is C22H26N8O. The monoisotopic (exact) mass is 418 g/mol. The molecule has 4 aromatic rings. The van der Waals surface area contributed by atoms with Gasteiger partial charge in [0.2, 0.25) is 17.8 Å². The summed E-state index contributed by atoms with van der Waals surface area (Å²) in [5, 5.41) is 10.5. The summed E-state index contributed by atoms with van der Waals surface area (Å²) in [5.41, 5.74) is 1.68. The Bertz CT molecular complexity index is 1190. The number of nitrogens with zero attached hydrogens (tertiary/aromatic N) is 6. The normalized spacial score (nSPS) is 11.6. The number of fused-ring (bicyclic) bond motifs is 1. The predicted octanol–water partition coefficient (Wildman–Crippen LogP) is 3.63. The standard InChI is InChI=1S/C22H26N8O/c1-5-29-18-16(25-21(29)30-13-9-12-24-30)17(26-19(31)22(2,3)4)27-20(28-18)23-14-15-10-7-6-8-11-15/h6-13H,5,14H2,1-4H3,(H2,23,26,27,28,31). The van der Waals surface area contributed by atoms with Gasteiger partial charge < -0.3 is 10.6 Å². The van der Waals surface area contributed by atoms with E-state index in [0.717, 1.165) is 5.56 Å². The number of aryl methyl sites for hydroxylation is 1. The molecule has 3 aromatic heterocycles. The van der Waals surface area contributed by atoms with Gasteiger partial charge in [-0.3, -0.25) is 9.36 Å². The van der Waals surface area contributed by atoms with Crippen LogP contribution in [0.1, 0.15) is 33.3 Å². The summed E-state index contributed by atoms with van der Waals surface area (Å²) in [6.07, 6.45) is 3.52. The lowest BCUT2D eigenvalue weighted by atomic mass is 9.96. The fourth-order valence-electron chi connectivity index (χ4n) is 3.08. The van der Waals surface area contributed by atoms with Crippen LogP contribution in [0.2, 0.25) is 0 Å². The van der Waals surface area contributed by atoms with Crippen LogP contribution in [-0.2, 0) is 17.9 Å². The summed E-state index contributed by atoms with van der Waals surface area (Å²) >= 11 is 0. The van der Waals surface area contributed by atoms with Gasteiger partial charge in [0.15, 0.2) is 17.0 Å². The van der Waals surface area contributed by atoms with Gasteiger partial charge in [-0.05, 0) is 18.6 Å². The van der Waals surface area contributed by atoms with Crippen molar-refractivity contribution in [2.24, 2.45) is 5.41 Å². The van der Waals surface area contributed by atoms with Gasteiger partial charge in [0, 0.05) is 30.9 Å². The number of hydrogen-bond acceptors (Lipinski definition) is 6. The second kappa shape index (κ2) is 8.17. The maximum Gasteiger partial charge on any atom is 0.233 e. The Morgan fingerprint density at radius 1 is 1.06 bits per heavy atom. The summed E-state index contributed by atoms with van der Waals surface area (Å²) in [6, 6.07) is 11.8. The molecule has 9 nitrogen and oxygen atoms in total. The Kier molecular flexibility index (Phi) is 5.41. The van der Waals surface area contributed by atoms with Crippen molar-refractivity contribution in [3.05, 3.63) is 54.4 Å². The number of rotatable bonds is 6. The summed E-state index contributed by atoms with van der Waals surface area (Å²) in [6.45, 7) is 8.78. The van der Waals surface area contributed by atoms with Crippen LogP contribution in [0.15, 0.2) is 48.8 Å². The van der Waals surface area contributed by atoms with Crippen molar-refractivity contribution < 1.29 is 4.79 Å². The second-order valence-electron chi connectivity index (χ2n) is 8.22. The lowest BCUT2D eigenvalue weighted by Gasteiger charge is -2.17. The predicted molar refractivity (Wildman–Crippen MR) is 120 cm³/mol. The van der Waals surface area contributed by atoms with Crippen molar-refractivity contribution in [1.29, 1.82) is 0 Å². The molecule has 0 bridgehead atoms. The SMILES string of the molecule is CCn1c(-n2cccn2)nc2c(NC(=O)C(C)(C)C)nc(NCc3ccccc3)nc21. The highest BCUT2D eigenvalue weighted by Crippen LogP contribution is 2.26. The van der Waals surface area contributed by atoms with Gasteiger partial charge in [0.25, 0.3) is 0 Å². The lowest BCUT2D eigenvalue weighted by Crippen LogP contribution is -2.28. The van der Waals surface area contributed by atoms with E-state index in [1.54, 1.807) is 10.9 Å². The Balaban J connectivity index is 1.80. The molecule has 2 N–H and O–H groups in total. The van der Waals surface area contributed by atoms with E-state index in [0.29, 0.717) is 42.0 Å². The second-order valence-corrected chi connectivity index (χ2v) is 8.22. The third-order valence-corrected chi connectivity index (χ3v) is 4.81. The Labute approximate surface area is 180 Å². The number of carbonyl (C=O) groups is 1. The van der Waals surface area contributed by atoms with Crippen LogP contribution in [0.4, 0.5) is 11.8 Å². The minimum Gasteiger partial charge on any atom is -0.350 e. The Hall–Kier alpha value is -3.75. The molecule has 0 aliphatic rings. The van der Waals surface area contributed by atoms with Gasteiger partial charge in [-0.1, -0.05) is 51.1 Å². The third-order valence-electron chi connectivity index (χ3n) is 4.81. The van der Waals surface area contributed by atoms with Crippen LogP contribution in [0.5, 0.6) is 0 Å². The molecule has 0 aliphatic carbocycles. The van der Waals surface area contributed by atoms with Crippen molar-refractivity contribution in [2.75, 3.05) is 10.6 Å². The first-order valence-electron chi connectivity index (χ1n) is 10.2. The van der Waals surface area contributed by atoms with Gasteiger partial charge >= 0.3 is 0 Å². The molecule has 0 spiro atoms. The largest absolute Gasteiger partial charge is 0.350 e. The molecule has 0 saturated carbocycles. The highest BCUT2D eigenvalue weighted by molar-refractivity contribution is 6.00. The quantitative estimate of drug-likeness (QED) is 0.496.